The van der Waals surface area contributed by atoms with Gasteiger partial charge in [0.2, 0.25) is 11.8 Å². The number of likely N-dealkylation sites (tertiary alicyclic amines) is 1. The van der Waals surface area contributed by atoms with Crippen LogP contribution in [0.1, 0.15) is 47.4 Å². The summed E-state index contributed by atoms with van der Waals surface area (Å²) in [6.45, 7) is 4.48. The van der Waals surface area contributed by atoms with Crippen LogP contribution in [0.5, 0.6) is 0 Å². The largest absolute Gasteiger partial charge is 0.354 e. The van der Waals surface area contributed by atoms with Crippen molar-refractivity contribution >= 4 is 17.8 Å². The van der Waals surface area contributed by atoms with Crippen molar-refractivity contribution in [2.24, 2.45) is 0 Å². The molecule has 0 saturated carbocycles. The molecule has 156 valence electrons. The number of aromatic nitrogens is 2. The summed E-state index contributed by atoms with van der Waals surface area (Å²) >= 11 is 0. The molecule has 2 aromatic rings. The van der Waals surface area contributed by atoms with E-state index in [0.29, 0.717) is 24.5 Å². The Kier molecular flexibility index (Phi) is 6.76. The van der Waals surface area contributed by atoms with Gasteiger partial charge in [0, 0.05) is 31.8 Å². The van der Waals surface area contributed by atoms with Crippen molar-refractivity contribution in [2.45, 2.75) is 32.2 Å². The number of halogens is 1. The first-order valence-corrected chi connectivity index (χ1v) is 9.61. The maximum Gasteiger partial charge on any atom is 0.321 e. The lowest BCUT2D eigenvalue weighted by molar-refractivity contribution is 0.0956. The topological polar surface area (TPSA) is 112 Å². The molecule has 1 aliphatic heterocycles. The Morgan fingerprint density at radius 2 is 2.07 bits per heavy atom. The maximum absolute atomic E-state index is 14.4. The van der Waals surface area contributed by atoms with Crippen LogP contribution in [0.4, 0.5) is 15.1 Å². The van der Waals surface area contributed by atoms with Gasteiger partial charge in [0.25, 0.3) is 5.91 Å². The molecule has 0 bridgehead atoms. The first kappa shape index (κ1) is 20.7. The molecule has 1 aliphatic rings. The van der Waals surface area contributed by atoms with E-state index in [1.807, 2.05) is 6.92 Å². The van der Waals surface area contributed by atoms with Crippen LogP contribution in [0, 0.1) is 5.95 Å². The minimum atomic E-state index is -0.581. The highest BCUT2D eigenvalue weighted by Gasteiger charge is 2.25. The third-order valence-electron chi connectivity index (χ3n) is 4.88. The molecule has 10 heteroatoms. The van der Waals surface area contributed by atoms with Crippen molar-refractivity contribution in [1.82, 2.24) is 25.7 Å². The van der Waals surface area contributed by atoms with Crippen molar-refractivity contribution in [3.8, 4) is 0 Å². The van der Waals surface area contributed by atoms with Crippen LogP contribution in [0.2, 0.25) is 0 Å². The number of hydrogen-bond donors (Lipinski definition) is 3. The Morgan fingerprint density at radius 1 is 1.31 bits per heavy atom. The molecule has 3 amide bonds. The van der Waals surface area contributed by atoms with Gasteiger partial charge in [0.05, 0.1) is 5.69 Å². The summed E-state index contributed by atoms with van der Waals surface area (Å²) in [6.07, 6.45) is 1.56. The smallest absolute Gasteiger partial charge is 0.321 e. The number of rotatable bonds is 6. The second-order valence-corrected chi connectivity index (χ2v) is 6.87. The van der Waals surface area contributed by atoms with Crippen LogP contribution in [0.15, 0.2) is 22.7 Å². The van der Waals surface area contributed by atoms with Gasteiger partial charge >= 0.3 is 6.03 Å². The summed E-state index contributed by atoms with van der Waals surface area (Å²) in [5.41, 5.74) is 1.35. The van der Waals surface area contributed by atoms with E-state index in [1.165, 1.54) is 7.05 Å². The number of hydrogen-bond acceptors (Lipinski definition) is 6. The lowest BCUT2D eigenvalue weighted by Gasteiger charge is -2.31. The Bertz CT molecular complexity index is 863. The molecule has 3 N–H and O–H groups in total. The Labute approximate surface area is 168 Å². The Morgan fingerprint density at radius 3 is 2.72 bits per heavy atom. The monoisotopic (exact) mass is 404 g/mol. The highest BCUT2D eigenvalue weighted by atomic mass is 19.1. The lowest BCUT2D eigenvalue weighted by atomic mass is 9.90. The number of urea groups is 1. The van der Waals surface area contributed by atoms with Crippen molar-refractivity contribution in [3.05, 3.63) is 41.1 Å². The zero-order chi connectivity index (χ0) is 20.8. The fourth-order valence-corrected chi connectivity index (χ4v) is 3.40. The van der Waals surface area contributed by atoms with E-state index in [0.717, 1.165) is 31.6 Å². The number of carbonyl (C=O) groups is 2. The highest BCUT2D eigenvalue weighted by molar-refractivity contribution is 5.92. The standard InChI is InChI=1S/C19H25FN6O3/c1-3-22-19(28)24-16-10-13(25-29-16)11-26-8-6-12(7-9-26)14-4-5-15(18(27)21-2)23-17(14)20/h4-5,10,12H,3,6-9,11H2,1-2H3,(H,21,27)(H2,22,24,28). The lowest BCUT2D eigenvalue weighted by Crippen LogP contribution is -2.33. The molecule has 2 aromatic heterocycles. The normalized spacial score (nSPS) is 15.1. The van der Waals surface area contributed by atoms with Crippen molar-refractivity contribution < 1.29 is 18.5 Å². The fourth-order valence-electron chi connectivity index (χ4n) is 3.40. The van der Waals surface area contributed by atoms with Gasteiger partial charge in [-0.3, -0.25) is 15.0 Å². The minimum Gasteiger partial charge on any atom is -0.354 e. The SMILES string of the molecule is CCNC(=O)Nc1cc(CN2CCC(c3ccc(C(=O)NC)nc3F)CC2)no1. The van der Waals surface area contributed by atoms with E-state index in [-0.39, 0.29) is 17.6 Å². The van der Waals surface area contributed by atoms with Crippen LogP contribution in [-0.4, -0.2) is 53.7 Å². The summed E-state index contributed by atoms with van der Waals surface area (Å²) in [5, 5.41) is 11.6. The average molecular weight is 404 g/mol. The average Bonchev–Trinajstić information content (AvgIpc) is 3.14. The molecule has 3 rings (SSSR count). The molecule has 0 atom stereocenters. The van der Waals surface area contributed by atoms with E-state index >= 15 is 0 Å². The molecule has 1 fully saturated rings. The van der Waals surface area contributed by atoms with Gasteiger partial charge < -0.3 is 15.2 Å². The van der Waals surface area contributed by atoms with Gasteiger partial charge in [-0.05, 0) is 44.8 Å². The second kappa shape index (κ2) is 9.46. The number of amides is 3. The quantitative estimate of drug-likeness (QED) is 0.636. The number of pyridine rings is 1. The van der Waals surface area contributed by atoms with Crippen LogP contribution in [-0.2, 0) is 6.54 Å². The molecule has 0 aromatic carbocycles. The Hall–Kier alpha value is -3.01. The molecule has 29 heavy (non-hydrogen) atoms. The van der Waals surface area contributed by atoms with E-state index in [9.17, 15) is 14.0 Å². The molecule has 9 nitrogen and oxygen atoms in total. The van der Waals surface area contributed by atoms with Crippen LogP contribution < -0.4 is 16.0 Å². The maximum atomic E-state index is 14.4. The van der Waals surface area contributed by atoms with Crippen molar-refractivity contribution in [2.75, 3.05) is 32.0 Å². The molecule has 0 unspecified atom stereocenters. The van der Waals surface area contributed by atoms with Gasteiger partial charge in [0.15, 0.2) is 0 Å². The van der Waals surface area contributed by atoms with Crippen molar-refractivity contribution in [3.63, 3.8) is 0 Å². The first-order valence-electron chi connectivity index (χ1n) is 9.61. The third-order valence-corrected chi connectivity index (χ3v) is 4.88. The van der Waals surface area contributed by atoms with Crippen LogP contribution in [0.25, 0.3) is 0 Å². The van der Waals surface area contributed by atoms with Crippen LogP contribution >= 0.6 is 0 Å². The van der Waals surface area contributed by atoms with Gasteiger partial charge in [-0.1, -0.05) is 11.2 Å². The number of anilines is 1. The van der Waals surface area contributed by atoms with E-state index in [2.05, 4.69) is 31.0 Å². The predicted octanol–water partition coefficient (Wildman–Crippen LogP) is 2.09. The molecule has 0 radical (unpaired) electrons. The first-order chi connectivity index (χ1) is 14.0. The van der Waals surface area contributed by atoms with E-state index in [4.69, 9.17) is 4.52 Å². The number of nitrogens with one attached hydrogen (secondary N) is 3. The summed E-state index contributed by atoms with van der Waals surface area (Å²) in [6, 6.07) is 4.57. The number of nitrogens with zero attached hydrogens (tertiary/aromatic N) is 3. The summed E-state index contributed by atoms with van der Waals surface area (Å²) in [7, 11) is 1.49. The van der Waals surface area contributed by atoms with E-state index < -0.39 is 11.9 Å². The molecular formula is C19H25FN6O3. The second-order valence-electron chi connectivity index (χ2n) is 6.87. The van der Waals surface area contributed by atoms with Gasteiger partial charge in [0.1, 0.15) is 5.69 Å². The van der Waals surface area contributed by atoms with Gasteiger partial charge in [-0.15, -0.1) is 0 Å². The molecular weight excluding hydrogens is 379 g/mol. The number of carbonyl (C=O) groups excluding carboxylic acids is 2. The predicted molar refractivity (Wildman–Crippen MR) is 104 cm³/mol. The number of piperidine rings is 1. The zero-order valence-corrected chi connectivity index (χ0v) is 16.5. The molecule has 0 aliphatic carbocycles. The van der Waals surface area contributed by atoms with Crippen molar-refractivity contribution in [1.29, 1.82) is 0 Å². The van der Waals surface area contributed by atoms with E-state index in [1.54, 1.807) is 18.2 Å². The van der Waals surface area contributed by atoms with Gasteiger partial charge in [-0.25, -0.2) is 9.78 Å². The summed E-state index contributed by atoms with van der Waals surface area (Å²) in [5.74, 6) is -0.629. The zero-order valence-electron chi connectivity index (χ0n) is 16.5. The molecule has 1 saturated heterocycles. The minimum absolute atomic E-state index is 0.0600. The molecule has 3 heterocycles. The molecule has 0 spiro atoms. The highest BCUT2D eigenvalue weighted by Crippen LogP contribution is 2.30. The van der Waals surface area contributed by atoms with Crippen LogP contribution in [0.3, 0.4) is 0 Å². The van der Waals surface area contributed by atoms with Gasteiger partial charge in [-0.2, -0.15) is 4.39 Å². The summed E-state index contributed by atoms with van der Waals surface area (Å²) < 4.78 is 19.5. The summed E-state index contributed by atoms with van der Waals surface area (Å²) in [4.78, 5) is 29.1. The fraction of sp³-hybridized carbons (Fsp3) is 0.474. The Balaban J connectivity index is 1.53. The third kappa shape index (κ3) is 5.29.